The van der Waals surface area contributed by atoms with E-state index in [4.69, 9.17) is 5.73 Å². The Bertz CT molecular complexity index is 501. The van der Waals surface area contributed by atoms with Gasteiger partial charge in [-0.05, 0) is 29.5 Å². The molecule has 3 N–H and O–H groups in total. The molecule has 108 valence electrons. The molecule has 19 heavy (non-hydrogen) atoms. The van der Waals surface area contributed by atoms with Crippen LogP contribution in [0.2, 0.25) is 0 Å². The van der Waals surface area contributed by atoms with Gasteiger partial charge in [0.05, 0.1) is 4.90 Å². The van der Waals surface area contributed by atoms with Gasteiger partial charge in [-0.15, -0.1) is 0 Å². The molecule has 5 heteroatoms. The molecule has 0 aliphatic carbocycles. The second-order valence-corrected chi connectivity index (χ2v) is 7.56. The van der Waals surface area contributed by atoms with Crippen molar-refractivity contribution in [3.05, 3.63) is 29.8 Å². The van der Waals surface area contributed by atoms with Crippen molar-refractivity contribution in [1.82, 2.24) is 4.72 Å². The number of nitrogens with one attached hydrogen (secondary N) is 1. The minimum Gasteiger partial charge on any atom is -0.327 e. The SMILES string of the molecule is CCC(N)CNS(=O)(=O)c1ccc(C(C)(C)C)cc1. The van der Waals surface area contributed by atoms with E-state index in [1.54, 1.807) is 12.1 Å². The largest absolute Gasteiger partial charge is 0.327 e. The summed E-state index contributed by atoms with van der Waals surface area (Å²) < 4.78 is 26.6. The number of benzene rings is 1. The number of hydrogen-bond acceptors (Lipinski definition) is 3. The maximum absolute atomic E-state index is 12.0. The predicted molar refractivity (Wildman–Crippen MR) is 78.6 cm³/mol. The molecule has 0 saturated carbocycles. The maximum Gasteiger partial charge on any atom is 0.240 e. The Balaban J connectivity index is 2.85. The lowest BCUT2D eigenvalue weighted by Crippen LogP contribution is -2.36. The molecule has 0 radical (unpaired) electrons. The fraction of sp³-hybridized carbons (Fsp3) is 0.571. The molecule has 1 atom stereocenters. The summed E-state index contributed by atoms with van der Waals surface area (Å²) in [4.78, 5) is 0.281. The molecule has 1 unspecified atom stereocenters. The molecule has 0 saturated heterocycles. The summed E-state index contributed by atoms with van der Waals surface area (Å²) in [5, 5.41) is 0. The van der Waals surface area contributed by atoms with E-state index in [1.165, 1.54) is 0 Å². The Morgan fingerprint density at radius 1 is 1.21 bits per heavy atom. The second kappa shape index (κ2) is 6.03. The third-order valence-corrected chi connectivity index (χ3v) is 4.53. The summed E-state index contributed by atoms with van der Waals surface area (Å²) >= 11 is 0. The Morgan fingerprint density at radius 3 is 2.16 bits per heavy atom. The average Bonchev–Trinajstić information content (AvgIpc) is 2.35. The van der Waals surface area contributed by atoms with Crippen LogP contribution in [-0.2, 0) is 15.4 Å². The molecule has 0 amide bonds. The first kappa shape index (κ1) is 16.1. The van der Waals surface area contributed by atoms with Gasteiger partial charge in [0.2, 0.25) is 10.0 Å². The first-order valence-corrected chi connectivity index (χ1v) is 8.01. The van der Waals surface area contributed by atoms with Gasteiger partial charge in [-0.3, -0.25) is 0 Å². The van der Waals surface area contributed by atoms with Crippen molar-refractivity contribution in [3.8, 4) is 0 Å². The highest BCUT2D eigenvalue weighted by Gasteiger charge is 2.17. The van der Waals surface area contributed by atoms with Crippen LogP contribution in [0.1, 0.15) is 39.7 Å². The molecule has 1 aromatic rings. The number of hydrogen-bond donors (Lipinski definition) is 2. The summed E-state index contributed by atoms with van der Waals surface area (Å²) in [6.07, 6.45) is 0.742. The fourth-order valence-corrected chi connectivity index (χ4v) is 2.67. The van der Waals surface area contributed by atoms with Crippen molar-refractivity contribution in [2.24, 2.45) is 5.73 Å². The van der Waals surface area contributed by atoms with Crippen LogP contribution in [0.4, 0.5) is 0 Å². The Kier molecular flexibility index (Phi) is 5.12. The zero-order valence-electron chi connectivity index (χ0n) is 12.1. The van der Waals surface area contributed by atoms with E-state index in [9.17, 15) is 8.42 Å². The lowest BCUT2D eigenvalue weighted by Gasteiger charge is -2.19. The van der Waals surface area contributed by atoms with E-state index in [0.29, 0.717) is 0 Å². The minimum atomic E-state index is -3.46. The molecular weight excluding hydrogens is 260 g/mol. The van der Waals surface area contributed by atoms with Crippen LogP contribution in [0.5, 0.6) is 0 Å². The van der Waals surface area contributed by atoms with Crippen LogP contribution in [0.3, 0.4) is 0 Å². The van der Waals surface area contributed by atoms with Crippen molar-refractivity contribution < 1.29 is 8.42 Å². The lowest BCUT2D eigenvalue weighted by molar-refractivity contribution is 0.563. The van der Waals surface area contributed by atoms with Crippen molar-refractivity contribution in [3.63, 3.8) is 0 Å². The van der Waals surface area contributed by atoms with Crippen LogP contribution in [0, 0.1) is 0 Å². The summed E-state index contributed by atoms with van der Waals surface area (Å²) in [5.41, 5.74) is 6.83. The van der Waals surface area contributed by atoms with E-state index in [-0.39, 0.29) is 22.9 Å². The van der Waals surface area contributed by atoms with Gasteiger partial charge in [0.25, 0.3) is 0 Å². The van der Waals surface area contributed by atoms with Crippen LogP contribution in [-0.4, -0.2) is 21.0 Å². The lowest BCUT2D eigenvalue weighted by atomic mass is 9.87. The molecule has 0 aromatic heterocycles. The van der Waals surface area contributed by atoms with E-state index in [0.717, 1.165) is 12.0 Å². The minimum absolute atomic E-state index is 0.0142. The third kappa shape index (κ3) is 4.60. The van der Waals surface area contributed by atoms with E-state index >= 15 is 0 Å². The van der Waals surface area contributed by atoms with Gasteiger partial charge < -0.3 is 5.73 Å². The van der Waals surface area contributed by atoms with Gasteiger partial charge in [0.1, 0.15) is 0 Å². The normalized spacial score (nSPS) is 14.4. The Labute approximate surface area is 116 Å². The van der Waals surface area contributed by atoms with Gasteiger partial charge in [0, 0.05) is 12.6 Å². The smallest absolute Gasteiger partial charge is 0.240 e. The van der Waals surface area contributed by atoms with Crippen LogP contribution in [0.25, 0.3) is 0 Å². The van der Waals surface area contributed by atoms with E-state index in [2.05, 4.69) is 25.5 Å². The van der Waals surface area contributed by atoms with E-state index in [1.807, 2.05) is 19.1 Å². The standard InChI is InChI=1S/C14H24N2O2S/c1-5-12(15)10-16-19(17,18)13-8-6-11(7-9-13)14(2,3)4/h6-9,12,16H,5,10,15H2,1-4H3. The number of sulfonamides is 1. The zero-order chi connectivity index (χ0) is 14.7. The molecule has 0 aliphatic rings. The van der Waals surface area contributed by atoms with Crippen molar-refractivity contribution in [2.75, 3.05) is 6.54 Å². The zero-order valence-corrected chi connectivity index (χ0v) is 12.9. The third-order valence-electron chi connectivity index (χ3n) is 3.09. The van der Waals surface area contributed by atoms with Gasteiger partial charge in [-0.2, -0.15) is 0 Å². The highest BCUT2D eigenvalue weighted by atomic mass is 32.2. The predicted octanol–water partition coefficient (Wildman–Crippen LogP) is 2.00. The maximum atomic E-state index is 12.0. The molecule has 1 aromatic carbocycles. The van der Waals surface area contributed by atoms with Crippen molar-refractivity contribution in [1.29, 1.82) is 0 Å². The summed E-state index contributed by atoms with van der Waals surface area (Å²) in [6.45, 7) is 8.47. The average molecular weight is 284 g/mol. The molecule has 1 rings (SSSR count). The molecule has 0 bridgehead atoms. The molecule has 0 fully saturated rings. The van der Waals surface area contributed by atoms with Crippen LogP contribution >= 0.6 is 0 Å². The molecule has 0 spiro atoms. The summed E-state index contributed by atoms with van der Waals surface area (Å²) in [7, 11) is -3.46. The van der Waals surface area contributed by atoms with Gasteiger partial charge in [-0.1, -0.05) is 39.8 Å². The molecular formula is C14H24N2O2S. The monoisotopic (exact) mass is 284 g/mol. The van der Waals surface area contributed by atoms with E-state index < -0.39 is 10.0 Å². The molecule has 0 aliphatic heterocycles. The Hall–Kier alpha value is -0.910. The van der Waals surface area contributed by atoms with Crippen molar-refractivity contribution in [2.45, 2.75) is 50.5 Å². The first-order valence-electron chi connectivity index (χ1n) is 6.52. The highest BCUT2D eigenvalue weighted by molar-refractivity contribution is 7.89. The van der Waals surface area contributed by atoms with Crippen LogP contribution < -0.4 is 10.5 Å². The molecule has 0 heterocycles. The topological polar surface area (TPSA) is 72.2 Å². The van der Waals surface area contributed by atoms with Crippen molar-refractivity contribution >= 4 is 10.0 Å². The highest BCUT2D eigenvalue weighted by Crippen LogP contribution is 2.23. The van der Waals surface area contributed by atoms with Gasteiger partial charge in [-0.25, -0.2) is 13.1 Å². The summed E-state index contributed by atoms with van der Waals surface area (Å²) in [5.74, 6) is 0. The molecule has 4 nitrogen and oxygen atoms in total. The van der Waals surface area contributed by atoms with Crippen LogP contribution in [0.15, 0.2) is 29.2 Å². The Morgan fingerprint density at radius 2 is 1.74 bits per heavy atom. The first-order chi connectivity index (χ1) is 8.66. The summed E-state index contributed by atoms with van der Waals surface area (Å²) in [6, 6.07) is 6.84. The second-order valence-electron chi connectivity index (χ2n) is 5.79. The quantitative estimate of drug-likeness (QED) is 0.868. The van der Waals surface area contributed by atoms with Gasteiger partial charge in [0.15, 0.2) is 0 Å². The van der Waals surface area contributed by atoms with Gasteiger partial charge >= 0.3 is 0 Å². The number of nitrogens with two attached hydrogens (primary N) is 1. The fourth-order valence-electron chi connectivity index (χ4n) is 1.58. The number of rotatable bonds is 5.